The Labute approximate surface area is 110 Å². The predicted molar refractivity (Wildman–Crippen MR) is 67.1 cm³/mol. The highest BCUT2D eigenvalue weighted by atomic mass is 35.5. The Morgan fingerprint density at radius 2 is 1.94 bits per heavy atom. The molecule has 2 atom stereocenters. The fourth-order valence-electron chi connectivity index (χ4n) is 2.13. The molecule has 98 valence electrons. The first-order valence-corrected chi connectivity index (χ1v) is 5.27. The number of nitro benzene ring substituents is 1. The summed E-state index contributed by atoms with van der Waals surface area (Å²) < 4.78 is 0. The van der Waals surface area contributed by atoms with Crippen LogP contribution in [0.5, 0.6) is 0 Å². The number of carbonyl (C=O) groups is 1. The second-order valence-corrected chi connectivity index (χ2v) is 4.06. The molecule has 0 unspecified atom stereocenters. The van der Waals surface area contributed by atoms with Gasteiger partial charge in [-0.05, 0) is 5.56 Å². The smallest absolute Gasteiger partial charge is 0.308 e. The standard InChI is InChI=1S/C11H12N2O4.ClH/c14-11(15)10-6-12-5-9(10)7-1-3-8(4-2-7)13(16)17;/h1-4,9-10,12H,5-6H2,(H,14,15);1H/t9-,10+;/m0./s1. The van der Waals surface area contributed by atoms with Gasteiger partial charge in [-0.3, -0.25) is 14.9 Å². The summed E-state index contributed by atoms with van der Waals surface area (Å²) in [5.41, 5.74) is 0.847. The van der Waals surface area contributed by atoms with E-state index in [2.05, 4.69) is 5.32 Å². The van der Waals surface area contributed by atoms with E-state index >= 15 is 0 Å². The maximum Gasteiger partial charge on any atom is 0.308 e. The number of nitrogens with zero attached hydrogens (tertiary/aromatic N) is 1. The summed E-state index contributed by atoms with van der Waals surface area (Å²) in [4.78, 5) is 21.1. The van der Waals surface area contributed by atoms with Crippen molar-refractivity contribution in [1.82, 2.24) is 5.32 Å². The van der Waals surface area contributed by atoms with Gasteiger partial charge in [0.1, 0.15) is 0 Å². The SMILES string of the molecule is Cl.O=C(O)[C@@H]1CNC[C@H]1c1ccc([N+](=O)[O-])cc1. The summed E-state index contributed by atoms with van der Waals surface area (Å²) in [5.74, 6) is -1.41. The lowest BCUT2D eigenvalue weighted by atomic mass is 9.89. The third-order valence-electron chi connectivity index (χ3n) is 3.06. The summed E-state index contributed by atoms with van der Waals surface area (Å²) >= 11 is 0. The Balaban J connectivity index is 0.00000162. The van der Waals surface area contributed by atoms with E-state index in [9.17, 15) is 14.9 Å². The maximum atomic E-state index is 11.0. The third-order valence-corrected chi connectivity index (χ3v) is 3.06. The van der Waals surface area contributed by atoms with Gasteiger partial charge in [0, 0.05) is 31.1 Å². The van der Waals surface area contributed by atoms with Crippen molar-refractivity contribution in [2.24, 2.45) is 5.92 Å². The lowest BCUT2D eigenvalue weighted by Gasteiger charge is -2.14. The molecule has 0 saturated carbocycles. The highest BCUT2D eigenvalue weighted by Gasteiger charge is 2.33. The average molecular weight is 273 g/mol. The molecule has 1 aliphatic rings. The molecular formula is C11H13ClN2O4. The highest BCUT2D eigenvalue weighted by Crippen LogP contribution is 2.29. The molecule has 0 radical (unpaired) electrons. The Hall–Kier alpha value is -1.66. The van der Waals surface area contributed by atoms with Crippen molar-refractivity contribution in [1.29, 1.82) is 0 Å². The Morgan fingerprint density at radius 3 is 2.44 bits per heavy atom. The van der Waals surface area contributed by atoms with E-state index in [1.165, 1.54) is 12.1 Å². The zero-order valence-corrected chi connectivity index (χ0v) is 10.2. The fourth-order valence-corrected chi connectivity index (χ4v) is 2.13. The summed E-state index contributed by atoms with van der Waals surface area (Å²) in [6.07, 6.45) is 0. The quantitative estimate of drug-likeness (QED) is 0.641. The van der Waals surface area contributed by atoms with Crippen molar-refractivity contribution >= 4 is 24.1 Å². The van der Waals surface area contributed by atoms with Crippen molar-refractivity contribution in [2.75, 3.05) is 13.1 Å². The first-order chi connectivity index (χ1) is 8.09. The van der Waals surface area contributed by atoms with E-state index < -0.39 is 16.8 Å². The minimum atomic E-state index is -0.835. The molecule has 0 spiro atoms. The highest BCUT2D eigenvalue weighted by molar-refractivity contribution is 5.85. The Bertz CT molecular complexity index is 449. The number of non-ortho nitro benzene ring substituents is 1. The number of halogens is 1. The lowest BCUT2D eigenvalue weighted by Crippen LogP contribution is -2.20. The first-order valence-electron chi connectivity index (χ1n) is 5.27. The molecule has 1 aromatic carbocycles. The molecule has 1 aliphatic heterocycles. The Kier molecular flexibility index (Phi) is 4.63. The molecule has 1 aromatic rings. The van der Waals surface area contributed by atoms with Gasteiger partial charge in [-0.2, -0.15) is 0 Å². The number of rotatable bonds is 3. The molecule has 1 saturated heterocycles. The van der Waals surface area contributed by atoms with Crippen molar-refractivity contribution < 1.29 is 14.8 Å². The van der Waals surface area contributed by atoms with Crippen molar-refractivity contribution in [3.05, 3.63) is 39.9 Å². The van der Waals surface area contributed by atoms with Crippen LogP contribution in [0.1, 0.15) is 11.5 Å². The van der Waals surface area contributed by atoms with Crippen LogP contribution in [0.3, 0.4) is 0 Å². The minimum Gasteiger partial charge on any atom is -0.481 e. The van der Waals surface area contributed by atoms with Gasteiger partial charge in [0.05, 0.1) is 10.8 Å². The average Bonchev–Trinajstić information content (AvgIpc) is 2.78. The number of hydrogen-bond acceptors (Lipinski definition) is 4. The molecular weight excluding hydrogens is 260 g/mol. The molecule has 1 heterocycles. The molecule has 0 amide bonds. The van der Waals surface area contributed by atoms with E-state index in [1.807, 2.05) is 0 Å². The van der Waals surface area contributed by atoms with Gasteiger partial charge in [0.2, 0.25) is 0 Å². The van der Waals surface area contributed by atoms with Crippen molar-refractivity contribution in [3.63, 3.8) is 0 Å². The van der Waals surface area contributed by atoms with E-state index in [0.29, 0.717) is 13.1 Å². The number of nitrogens with one attached hydrogen (secondary N) is 1. The van der Waals surface area contributed by atoms with E-state index in [0.717, 1.165) is 5.56 Å². The number of carboxylic acid groups (broad SMARTS) is 1. The van der Waals surface area contributed by atoms with E-state index in [-0.39, 0.29) is 24.0 Å². The van der Waals surface area contributed by atoms with Crippen LogP contribution in [0.15, 0.2) is 24.3 Å². The van der Waals surface area contributed by atoms with Gasteiger partial charge >= 0.3 is 5.97 Å². The van der Waals surface area contributed by atoms with Gasteiger partial charge in [-0.1, -0.05) is 12.1 Å². The van der Waals surface area contributed by atoms with E-state index in [1.54, 1.807) is 12.1 Å². The number of hydrogen-bond donors (Lipinski definition) is 2. The molecule has 2 rings (SSSR count). The Morgan fingerprint density at radius 1 is 1.33 bits per heavy atom. The van der Waals surface area contributed by atoms with Crippen LogP contribution in [-0.2, 0) is 4.79 Å². The molecule has 0 bridgehead atoms. The van der Waals surface area contributed by atoms with Gasteiger partial charge in [-0.25, -0.2) is 0 Å². The monoisotopic (exact) mass is 272 g/mol. The maximum absolute atomic E-state index is 11.0. The van der Waals surface area contributed by atoms with Gasteiger partial charge in [-0.15, -0.1) is 12.4 Å². The largest absolute Gasteiger partial charge is 0.481 e. The summed E-state index contributed by atoms with van der Waals surface area (Å²) in [6.45, 7) is 1.03. The molecule has 2 N–H and O–H groups in total. The number of nitro groups is 1. The lowest BCUT2D eigenvalue weighted by molar-refractivity contribution is -0.384. The normalized spacial score (nSPS) is 22.2. The van der Waals surface area contributed by atoms with Crippen LogP contribution in [0, 0.1) is 16.0 Å². The molecule has 18 heavy (non-hydrogen) atoms. The van der Waals surface area contributed by atoms with Gasteiger partial charge in [0.15, 0.2) is 0 Å². The molecule has 1 fully saturated rings. The number of benzene rings is 1. The van der Waals surface area contributed by atoms with E-state index in [4.69, 9.17) is 5.11 Å². The second kappa shape index (κ2) is 5.79. The van der Waals surface area contributed by atoms with Crippen LogP contribution in [0.25, 0.3) is 0 Å². The number of carboxylic acids is 1. The zero-order chi connectivity index (χ0) is 12.4. The molecule has 0 aromatic heterocycles. The number of aliphatic carboxylic acids is 1. The molecule has 7 heteroatoms. The summed E-state index contributed by atoms with van der Waals surface area (Å²) in [5, 5.41) is 22.6. The van der Waals surface area contributed by atoms with Crippen LogP contribution in [-0.4, -0.2) is 29.1 Å². The second-order valence-electron chi connectivity index (χ2n) is 4.06. The third kappa shape index (κ3) is 2.77. The first kappa shape index (κ1) is 14.4. The fraction of sp³-hybridized carbons (Fsp3) is 0.364. The topological polar surface area (TPSA) is 92.5 Å². The zero-order valence-electron chi connectivity index (χ0n) is 9.41. The van der Waals surface area contributed by atoms with Crippen LogP contribution < -0.4 is 5.32 Å². The predicted octanol–water partition coefficient (Wildman–Crippen LogP) is 1.40. The minimum absolute atomic E-state index is 0. The van der Waals surface area contributed by atoms with Crippen molar-refractivity contribution in [2.45, 2.75) is 5.92 Å². The van der Waals surface area contributed by atoms with Crippen LogP contribution in [0.2, 0.25) is 0 Å². The van der Waals surface area contributed by atoms with Crippen LogP contribution in [0.4, 0.5) is 5.69 Å². The summed E-state index contributed by atoms with van der Waals surface area (Å²) in [6, 6.07) is 6.08. The summed E-state index contributed by atoms with van der Waals surface area (Å²) in [7, 11) is 0. The van der Waals surface area contributed by atoms with Gasteiger partial charge < -0.3 is 10.4 Å². The van der Waals surface area contributed by atoms with Gasteiger partial charge in [0.25, 0.3) is 5.69 Å². The van der Waals surface area contributed by atoms with Crippen LogP contribution >= 0.6 is 12.4 Å². The molecule has 6 nitrogen and oxygen atoms in total. The van der Waals surface area contributed by atoms with Crippen molar-refractivity contribution in [3.8, 4) is 0 Å². The molecule has 0 aliphatic carbocycles.